The molecular weight excluding hydrogens is 232 g/mol. The predicted molar refractivity (Wildman–Crippen MR) is 81.5 cm³/mol. The molecule has 2 heterocycles. The first-order valence-electron chi connectivity index (χ1n) is 7.89. The van der Waals surface area contributed by atoms with Gasteiger partial charge in [-0.05, 0) is 68.7 Å². The Labute approximate surface area is 117 Å². The lowest BCUT2D eigenvalue weighted by molar-refractivity contribution is 0.326. The molecule has 0 aromatic heterocycles. The van der Waals surface area contributed by atoms with E-state index in [1.807, 2.05) is 0 Å². The summed E-state index contributed by atoms with van der Waals surface area (Å²) >= 11 is 0. The number of aryl methyl sites for hydroxylation is 1. The van der Waals surface area contributed by atoms with E-state index in [-0.39, 0.29) is 0 Å². The molecule has 2 heteroatoms. The topological polar surface area (TPSA) is 29.3 Å². The summed E-state index contributed by atoms with van der Waals surface area (Å²) in [4.78, 5) is 2.70. The second kappa shape index (κ2) is 5.54. The van der Waals surface area contributed by atoms with Crippen molar-refractivity contribution in [1.29, 1.82) is 0 Å². The van der Waals surface area contributed by atoms with E-state index < -0.39 is 0 Å². The molecule has 104 valence electrons. The van der Waals surface area contributed by atoms with E-state index in [9.17, 15) is 0 Å². The van der Waals surface area contributed by atoms with Crippen molar-refractivity contribution in [1.82, 2.24) is 0 Å². The third-order valence-electron chi connectivity index (χ3n) is 5.05. The molecule has 2 bridgehead atoms. The third kappa shape index (κ3) is 2.51. The highest BCUT2D eigenvalue weighted by Gasteiger charge is 2.40. The van der Waals surface area contributed by atoms with Crippen LogP contribution in [-0.2, 0) is 6.42 Å². The van der Waals surface area contributed by atoms with Crippen LogP contribution in [0.4, 0.5) is 5.69 Å². The highest BCUT2D eigenvalue weighted by atomic mass is 15.2. The van der Waals surface area contributed by atoms with Crippen molar-refractivity contribution in [2.45, 2.75) is 57.5 Å². The monoisotopic (exact) mass is 258 g/mol. The van der Waals surface area contributed by atoms with E-state index in [0.29, 0.717) is 0 Å². The van der Waals surface area contributed by atoms with Gasteiger partial charge in [0.2, 0.25) is 0 Å². The zero-order chi connectivity index (χ0) is 13.2. The van der Waals surface area contributed by atoms with Crippen LogP contribution in [0.2, 0.25) is 0 Å². The number of anilines is 1. The molecule has 0 radical (unpaired) electrons. The van der Waals surface area contributed by atoms with Gasteiger partial charge in [-0.1, -0.05) is 19.1 Å². The van der Waals surface area contributed by atoms with Gasteiger partial charge in [0.05, 0.1) is 0 Å². The number of nitrogens with zero attached hydrogens (tertiary/aromatic N) is 1. The van der Waals surface area contributed by atoms with Crippen LogP contribution in [0.5, 0.6) is 0 Å². The van der Waals surface area contributed by atoms with Crippen molar-refractivity contribution in [2.75, 3.05) is 11.4 Å². The molecule has 0 amide bonds. The molecular formula is C17H26N2. The molecule has 2 unspecified atom stereocenters. The van der Waals surface area contributed by atoms with Gasteiger partial charge in [-0.3, -0.25) is 0 Å². The molecule has 0 saturated carbocycles. The van der Waals surface area contributed by atoms with Gasteiger partial charge in [-0.15, -0.1) is 0 Å². The first-order chi connectivity index (χ1) is 9.31. The number of nitrogens with two attached hydrogens (primary N) is 1. The van der Waals surface area contributed by atoms with Crippen LogP contribution in [0.3, 0.4) is 0 Å². The standard InChI is InChI=1S/C17H26N2/c1-2-13-3-5-15(6-4-13)19-16-7-8-17(19)12-14(11-16)9-10-18/h3-6,14,16-17H,2,7-12,18H2,1H3. The van der Waals surface area contributed by atoms with Crippen molar-refractivity contribution in [3.8, 4) is 0 Å². The van der Waals surface area contributed by atoms with Gasteiger partial charge in [0.15, 0.2) is 0 Å². The summed E-state index contributed by atoms with van der Waals surface area (Å²) < 4.78 is 0. The molecule has 19 heavy (non-hydrogen) atoms. The van der Waals surface area contributed by atoms with Crippen molar-refractivity contribution >= 4 is 5.69 Å². The summed E-state index contributed by atoms with van der Waals surface area (Å²) in [5.74, 6) is 0.869. The Hall–Kier alpha value is -1.02. The molecule has 1 aromatic rings. The minimum Gasteiger partial charge on any atom is -0.366 e. The lowest BCUT2D eigenvalue weighted by Crippen LogP contribution is -2.43. The predicted octanol–water partition coefficient (Wildman–Crippen LogP) is 3.35. The molecule has 0 aliphatic carbocycles. The average Bonchev–Trinajstić information content (AvgIpc) is 2.71. The normalized spacial score (nSPS) is 29.8. The minimum absolute atomic E-state index is 0.766. The molecule has 2 aliphatic rings. The smallest absolute Gasteiger partial charge is 0.0371 e. The molecule has 2 saturated heterocycles. The van der Waals surface area contributed by atoms with E-state index >= 15 is 0 Å². The molecule has 2 atom stereocenters. The van der Waals surface area contributed by atoms with Crippen LogP contribution >= 0.6 is 0 Å². The van der Waals surface area contributed by atoms with Crippen LogP contribution in [0.25, 0.3) is 0 Å². The van der Waals surface area contributed by atoms with Crippen LogP contribution in [0, 0.1) is 5.92 Å². The molecule has 1 aromatic carbocycles. The first-order valence-corrected chi connectivity index (χ1v) is 7.89. The summed E-state index contributed by atoms with van der Waals surface area (Å²) in [5.41, 5.74) is 8.61. The Morgan fingerprint density at radius 2 is 1.74 bits per heavy atom. The average molecular weight is 258 g/mol. The van der Waals surface area contributed by atoms with Gasteiger partial charge >= 0.3 is 0 Å². The third-order valence-corrected chi connectivity index (χ3v) is 5.05. The fourth-order valence-corrected chi connectivity index (χ4v) is 4.09. The summed E-state index contributed by atoms with van der Waals surface area (Å²) in [7, 11) is 0. The lowest BCUT2D eigenvalue weighted by Gasteiger charge is -2.40. The van der Waals surface area contributed by atoms with Gasteiger partial charge in [-0.2, -0.15) is 0 Å². The van der Waals surface area contributed by atoms with E-state index in [2.05, 4.69) is 36.1 Å². The van der Waals surface area contributed by atoms with E-state index in [1.54, 1.807) is 0 Å². The number of hydrogen-bond donors (Lipinski definition) is 1. The SMILES string of the molecule is CCc1ccc(N2C3CCC2CC(CCN)C3)cc1. The van der Waals surface area contributed by atoms with Crippen molar-refractivity contribution in [3.63, 3.8) is 0 Å². The first kappa shape index (κ1) is 13.0. The Morgan fingerprint density at radius 3 is 2.26 bits per heavy atom. The molecule has 3 rings (SSSR count). The number of rotatable bonds is 4. The zero-order valence-corrected chi connectivity index (χ0v) is 12.0. The van der Waals surface area contributed by atoms with Gasteiger partial charge in [0, 0.05) is 17.8 Å². The fourth-order valence-electron chi connectivity index (χ4n) is 4.09. The van der Waals surface area contributed by atoms with Crippen LogP contribution in [-0.4, -0.2) is 18.6 Å². The van der Waals surface area contributed by atoms with Crippen LogP contribution in [0.15, 0.2) is 24.3 Å². The van der Waals surface area contributed by atoms with Crippen molar-refractivity contribution in [2.24, 2.45) is 11.7 Å². The second-order valence-corrected chi connectivity index (χ2v) is 6.23. The molecule has 0 spiro atoms. The maximum absolute atomic E-state index is 5.73. The minimum atomic E-state index is 0.766. The maximum atomic E-state index is 5.73. The molecule has 2 aliphatic heterocycles. The largest absolute Gasteiger partial charge is 0.366 e. The molecule has 2 nitrogen and oxygen atoms in total. The van der Waals surface area contributed by atoms with Crippen molar-refractivity contribution in [3.05, 3.63) is 29.8 Å². The number of piperidine rings is 1. The van der Waals surface area contributed by atoms with E-state index in [0.717, 1.165) is 31.0 Å². The van der Waals surface area contributed by atoms with Gasteiger partial charge in [0.25, 0.3) is 0 Å². The van der Waals surface area contributed by atoms with Crippen molar-refractivity contribution < 1.29 is 0 Å². The maximum Gasteiger partial charge on any atom is 0.0371 e. The number of fused-ring (bicyclic) bond motifs is 2. The van der Waals surface area contributed by atoms with Crippen LogP contribution < -0.4 is 10.6 Å². The van der Waals surface area contributed by atoms with E-state index in [1.165, 1.54) is 43.4 Å². The Kier molecular flexibility index (Phi) is 3.79. The number of benzene rings is 1. The molecule has 2 fully saturated rings. The Bertz CT molecular complexity index is 398. The Morgan fingerprint density at radius 1 is 1.11 bits per heavy atom. The van der Waals surface area contributed by atoms with E-state index in [4.69, 9.17) is 5.73 Å². The summed E-state index contributed by atoms with van der Waals surface area (Å²) in [6, 6.07) is 10.8. The number of hydrogen-bond acceptors (Lipinski definition) is 2. The fraction of sp³-hybridized carbons (Fsp3) is 0.647. The zero-order valence-electron chi connectivity index (χ0n) is 12.0. The summed E-state index contributed by atoms with van der Waals surface area (Å²) in [6.45, 7) is 3.08. The van der Waals surface area contributed by atoms with Crippen LogP contribution in [0.1, 0.15) is 44.6 Å². The van der Waals surface area contributed by atoms with Gasteiger partial charge in [-0.25, -0.2) is 0 Å². The van der Waals surface area contributed by atoms with Gasteiger partial charge in [0.1, 0.15) is 0 Å². The van der Waals surface area contributed by atoms with Gasteiger partial charge < -0.3 is 10.6 Å². The lowest BCUT2D eigenvalue weighted by atomic mass is 9.88. The highest BCUT2D eigenvalue weighted by Crippen LogP contribution is 2.42. The summed E-state index contributed by atoms with van der Waals surface area (Å²) in [6.07, 6.45) is 7.80. The molecule has 2 N–H and O–H groups in total. The summed E-state index contributed by atoms with van der Waals surface area (Å²) in [5, 5.41) is 0. The quantitative estimate of drug-likeness (QED) is 0.897. The second-order valence-electron chi connectivity index (χ2n) is 6.23. The Balaban J connectivity index is 1.75. The highest BCUT2D eigenvalue weighted by molar-refractivity contribution is 5.51.